The quantitative estimate of drug-likeness (QED) is 0.277. The van der Waals surface area contributed by atoms with Crippen LogP contribution < -0.4 is 21.6 Å². The van der Waals surface area contributed by atoms with Crippen LogP contribution >= 0.6 is 0 Å². The van der Waals surface area contributed by atoms with Crippen molar-refractivity contribution in [1.82, 2.24) is 9.55 Å². The summed E-state index contributed by atoms with van der Waals surface area (Å²) in [5.74, 6) is -1.31. The zero-order chi connectivity index (χ0) is 27.2. The van der Waals surface area contributed by atoms with Crippen LogP contribution in [0.15, 0.2) is 76.4 Å². The van der Waals surface area contributed by atoms with Crippen LogP contribution in [0.4, 0.5) is 4.39 Å². The second-order valence-corrected chi connectivity index (χ2v) is 15.2. The first-order chi connectivity index (χ1) is 17.4. The van der Waals surface area contributed by atoms with Crippen molar-refractivity contribution in [2.24, 2.45) is 0 Å². The molecule has 198 valence electrons. The fraction of sp³-hybridized carbons (Fsp3) is 0.385. The van der Waals surface area contributed by atoms with Gasteiger partial charge >= 0.3 is 5.69 Å². The molecule has 0 saturated carbocycles. The third-order valence-electron chi connectivity index (χ3n) is 7.30. The molecule has 1 unspecified atom stereocenters. The van der Waals surface area contributed by atoms with E-state index in [2.05, 4.69) is 0 Å². The van der Waals surface area contributed by atoms with Crippen LogP contribution in [0.1, 0.15) is 20.8 Å². The third-order valence-corrected chi connectivity index (χ3v) is 13.7. The molecule has 1 fully saturated rings. The molecule has 1 aliphatic heterocycles. The maximum atomic E-state index is 14.9. The van der Waals surface area contributed by atoms with Gasteiger partial charge in [0.1, 0.15) is 24.4 Å². The second-order valence-electron chi connectivity index (χ2n) is 10.3. The highest BCUT2D eigenvalue weighted by atomic mass is 28.3. The van der Waals surface area contributed by atoms with Crippen LogP contribution in [0.2, 0.25) is 5.04 Å². The molecule has 11 heteroatoms. The van der Waals surface area contributed by atoms with Crippen molar-refractivity contribution < 1.29 is 29.6 Å². The Labute approximate surface area is 213 Å². The predicted molar refractivity (Wildman–Crippen MR) is 137 cm³/mol. The molecule has 5 N–H and O–H groups in total. The summed E-state index contributed by atoms with van der Waals surface area (Å²) in [6, 6.07) is 17.9. The minimum atomic E-state index is -3.88. The molecule has 9 nitrogen and oxygen atoms in total. The van der Waals surface area contributed by atoms with Crippen LogP contribution in [-0.4, -0.2) is 69.1 Å². The number of benzene rings is 2. The van der Waals surface area contributed by atoms with E-state index < -0.39 is 66.5 Å². The van der Waals surface area contributed by atoms with Crippen LogP contribution in [0.25, 0.3) is 0 Å². The molecule has 1 aliphatic rings. The van der Waals surface area contributed by atoms with Gasteiger partial charge in [0.15, 0.2) is 13.4 Å². The standard InChI is InChI=1S/C26H31FN2O7Si/c1-25(2,3)37(16-10-6-4-7-11-16,17-12-8-5-9-13-17)26(29-14-18(27)23(34)28-24(29)35)22(33)21(32)20(31)19(15-30)36-26/h4-14,19-22,30-33H,15H2,1-3H3,(H,28,34,35)/t19-,20+,21+,22-,26?/m1/s1. The molecule has 2 aromatic carbocycles. The van der Waals surface area contributed by atoms with Crippen LogP contribution in [0, 0.1) is 5.82 Å². The van der Waals surface area contributed by atoms with Crippen molar-refractivity contribution in [1.29, 1.82) is 0 Å². The van der Waals surface area contributed by atoms with E-state index in [4.69, 9.17) is 4.74 Å². The van der Waals surface area contributed by atoms with Gasteiger partial charge in [0, 0.05) is 0 Å². The Bertz CT molecular complexity index is 1320. The number of aliphatic hydroxyl groups is 4. The minimum Gasteiger partial charge on any atom is -0.394 e. The third kappa shape index (κ3) is 3.93. The molecular formula is C26H31FN2O7Si. The SMILES string of the molecule is CC(C)(C)[Si](c1ccccc1)(c1ccccc1)C1(n2cc(F)c(=O)[nH]c2=O)O[C@H](CO)[C@H](O)[C@H](O)[C@H]1O. The van der Waals surface area contributed by atoms with Gasteiger partial charge in [-0.2, -0.15) is 4.39 Å². The molecule has 5 atom stereocenters. The molecule has 0 bridgehead atoms. The van der Waals surface area contributed by atoms with Gasteiger partial charge in [-0.05, 0) is 15.4 Å². The fourth-order valence-corrected chi connectivity index (χ4v) is 12.7. The number of nitrogens with one attached hydrogen (secondary N) is 1. The normalized spacial score (nSPS) is 26.7. The van der Waals surface area contributed by atoms with E-state index >= 15 is 0 Å². The molecule has 1 saturated heterocycles. The highest BCUT2D eigenvalue weighted by Crippen LogP contribution is 2.50. The van der Waals surface area contributed by atoms with E-state index in [1.165, 1.54) is 0 Å². The molecule has 0 spiro atoms. The first-order valence-corrected chi connectivity index (χ1v) is 13.9. The monoisotopic (exact) mass is 530 g/mol. The summed E-state index contributed by atoms with van der Waals surface area (Å²) in [7, 11) is -3.88. The molecule has 4 rings (SSSR count). The Hall–Kier alpha value is -2.93. The van der Waals surface area contributed by atoms with Gasteiger partial charge in [0.25, 0.3) is 5.56 Å². The van der Waals surface area contributed by atoms with Crippen LogP contribution in [-0.2, 0) is 10.1 Å². The number of rotatable bonds is 5. The number of halogens is 1. The molecule has 0 amide bonds. The zero-order valence-corrected chi connectivity index (χ0v) is 21.7. The van der Waals surface area contributed by atoms with E-state index in [9.17, 15) is 34.4 Å². The Morgan fingerprint density at radius 2 is 1.49 bits per heavy atom. The Morgan fingerprint density at radius 1 is 0.973 bits per heavy atom. The van der Waals surface area contributed by atoms with E-state index in [0.717, 1.165) is 4.57 Å². The predicted octanol–water partition coefficient (Wildman–Crippen LogP) is -0.595. The second kappa shape index (κ2) is 9.75. The number of hydrogen-bond acceptors (Lipinski definition) is 7. The highest BCUT2D eigenvalue weighted by Gasteiger charge is 2.71. The maximum absolute atomic E-state index is 14.9. The topological polar surface area (TPSA) is 145 Å². The smallest absolute Gasteiger partial charge is 0.330 e. The summed E-state index contributed by atoms with van der Waals surface area (Å²) in [6.07, 6.45) is -6.39. The first kappa shape index (κ1) is 27.1. The van der Waals surface area contributed by atoms with Crippen molar-refractivity contribution in [3.8, 4) is 0 Å². The van der Waals surface area contributed by atoms with Crippen molar-refractivity contribution in [2.75, 3.05) is 6.61 Å². The maximum Gasteiger partial charge on any atom is 0.330 e. The molecular weight excluding hydrogens is 499 g/mol. The summed E-state index contributed by atoms with van der Waals surface area (Å²) in [4.78, 5) is 27.4. The number of hydrogen-bond donors (Lipinski definition) is 5. The number of aromatic amines is 1. The number of aliphatic hydroxyl groups excluding tert-OH is 4. The van der Waals surface area contributed by atoms with Gasteiger partial charge < -0.3 is 25.2 Å². The Morgan fingerprint density at radius 3 is 1.95 bits per heavy atom. The lowest BCUT2D eigenvalue weighted by Gasteiger charge is -2.61. The zero-order valence-electron chi connectivity index (χ0n) is 20.7. The average Bonchev–Trinajstić information content (AvgIpc) is 2.87. The lowest BCUT2D eigenvalue weighted by atomic mass is 9.97. The minimum absolute atomic E-state index is 0.655. The number of aromatic nitrogens is 2. The van der Waals surface area contributed by atoms with Crippen LogP contribution in [0.5, 0.6) is 0 Å². The number of ether oxygens (including phenoxy) is 1. The lowest BCUT2D eigenvalue weighted by Crippen LogP contribution is -2.86. The van der Waals surface area contributed by atoms with E-state index in [0.29, 0.717) is 16.6 Å². The van der Waals surface area contributed by atoms with E-state index in [1.807, 2.05) is 25.8 Å². The lowest BCUT2D eigenvalue weighted by molar-refractivity contribution is -0.277. The Balaban J connectivity index is 2.31. The number of nitrogens with zero attached hydrogens (tertiary/aromatic N) is 1. The van der Waals surface area contributed by atoms with Gasteiger partial charge in [-0.1, -0.05) is 81.4 Å². The van der Waals surface area contributed by atoms with Gasteiger partial charge in [0.05, 0.1) is 12.8 Å². The molecule has 0 radical (unpaired) electrons. The summed E-state index contributed by atoms with van der Waals surface area (Å²) in [6.45, 7) is 4.88. The summed E-state index contributed by atoms with van der Waals surface area (Å²) in [5, 5.41) is 42.1. The molecule has 2 heterocycles. The van der Waals surface area contributed by atoms with Gasteiger partial charge in [-0.15, -0.1) is 0 Å². The largest absolute Gasteiger partial charge is 0.394 e. The summed E-state index contributed by atoms with van der Waals surface area (Å²) in [5.41, 5.74) is -2.35. The van der Waals surface area contributed by atoms with Gasteiger partial charge in [-0.3, -0.25) is 14.3 Å². The van der Waals surface area contributed by atoms with Crippen LogP contribution in [0.3, 0.4) is 0 Å². The van der Waals surface area contributed by atoms with Crippen molar-refractivity contribution in [3.05, 3.63) is 93.5 Å². The van der Waals surface area contributed by atoms with Gasteiger partial charge in [0.2, 0.25) is 5.82 Å². The van der Waals surface area contributed by atoms with Crippen molar-refractivity contribution in [3.63, 3.8) is 0 Å². The molecule has 3 aromatic rings. The van der Waals surface area contributed by atoms with Crippen molar-refractivity contribution in [2.45, 2.75) is 55.6 Å². The Kier molecular flexibility index (Phi) is 7.14. The van der Waals surface area contributed by atoms with Gasteiger partial charge in [-0.25, -0.2) is 4.79 Å². The van der Waals surface area contributed by atoms with E-state index in [1.54, 1.807) is 60.7 Å². The molecule has 0 aliphatic carbocycles. The highest BCUT2D eigenvalue weighted by molar-refractivity contribution is 7.05. The summed E-state index contributed by atoms with van der Waals surface area (Å²) < 4.78 is 22.1. The number of H-pyrrole nitrogens is 1. The first-order valence-electron chi connectivity index (χ1n) is 11.9. The molecule has 1 aromatic heterocycles. The fourth-order valence-electron chi connectivity index (χ4n) is 5.90. The molecule has 37 heavy (non-hydrogen) atoms. The average molecular weight is 531 g/mol. The summed E-state index contributed by atoms with van der Waals surface area (Å²) >= 11 is 0. The van der Waals surface area contributed by atoms with Crippen molar-refractivity contribution >= 4 is 18.4 Å². The van der Waals surface area contributed by atoms with E-state index in [-0.39, 0.29) is 0 Å².